The Morgan fingerprint density at radius 2 is 2.13 bits per heavy atom. The quantitative estimate of drug-likeness (QED) is 0.758. The number of hydrogen-bond donors (Lipinski definition) is 2. The summed E-state index contributed by atoms with van der Waals surface area (Å²) in [6.07, 6.45) is 2.81. The van der Waals surface area contributed by atoms with Gasteiger partial charge in [0.15, 0.2) is 0 Å². The summed E-state index contributed by atoms with van der Waals surface area (Å²) in [6, 6.07) is 7.95. The summed E-state index contributed by atoms with van der Waals surface area (Å²) in [5.74, 6) is -0.814. The molecule has 2 saturated heterocycles. The van der Waals surface area contributed by atoms with Crippen LogP contribution >= 0.6 is 28.3 Å². The van der Waals surface area contributed by atoms with Crippen molar-refractivity contribution in [1.82, 2.24) is 10.6 Å². The summed E-state index contributed by atoms with van der Waals surface area (Å²) in [6.45, 7) is 2.21. The molecule has 2 fully saturated rings. The third-order valence-electron chi connectivity index (χ3n) is 4.35. The van der Waals surface area contributed by atoms with E-state index >= 15 is 0 Å². The lowest BCUT2D eigenvalue weighted by molar-refractivity contribution is -0.132. The first kappa shape index (κ1) is 18.2. The standard InChI is InChI=1S/C16H20BrN3O2.ClH/c17-13-5-1-2-6-14(13)20-9-7-12(16(20)22)15(21)19-10-11-4-3-8-18-11;/h1-2,5-6,11-12,18H,3-4,7-10H2,(H,19,21);1H. The first-order chi connectivity index (χ1) is 10.7. The van der Waals surface area contributed by atoms with Crippen LogP contribution in [0.1, 0.15) is 19.3 Å². The average molecular weight is 403 g/mol. The molecule has 0 bridgehead atoms. The molecule has 126 valence electrons. The molecule has 2 aliphatic rings. The first-order valence-electron chi connectivity index (χ1n) is 7.74. The van der Waals surface area contributed by atoms with E-state index in [0.29, 0.717) is 25.6 Å². The number of hydrogen-bond acceptors (Lipinski definition) is 3. The van der Waals surface area contributed by atoms with Crippen LogP contribution in [0.3, 0.4) is 0 Å². The van der Waals surface area contributed by atoms with E-state index in [1.165, 1.54) is 0 Å². The number of nitrogens with zero attached hydrogens (tertiary/aromatic N) is 1. The van der Waals surface area contributed by atoms with Crippen molar-refractivity contribution in [3.8, 4) is 0 Å². The van der Waals surface area contributed by atoms with Crippen molar-refractivity contribution in [3.63, 3.8) is 0 Å². The Labute approximate surface area is 150 Å². The maximum atomic E-state index is 12.5. The number of carbonyl (C=O) groups is 2. The van der Waals surface area contributed by atoms with Gasteiger partial charge in [0.05, 0.1) is 5.69 Å². The highest BCUT2D eigenvalue weighted by Gasteiger charge is 2.38. The van der Waals surface area contributed by atoms with Gasteiger partial charge in [0, 0.05) is 23.6 Å². The molecule has 5 nitrogen and oxygen atoms in total. The summed E-state index contributed by atoms with van der Waals surface area (Å²) in [4.78, 5) is 26.5. The van der Waals surface area contributed by atoms with Gasteiger partial charge in [-0.2, -0.15) is 0 Å². The molecule has 0 spiro atoms. The first-order valence-corrected chi connectivity index (χ1v) is 8.53. The minimum atomic E-state index is -0.562. The van der Waals surface area contributed by atoms with Crippen LogP contribution in [0, 0.1) is 5.92 Å². The molecule has 2 aliphatic heterocycles. The van der Waals surface area contributed by atoms with Crippen molar-refractivity contribution in [3.05, 3.63) is 28.7 Å². The Kier molecular flexibility index (Phi) is 6.44. The Morgan fingerprint density at radius 3 is 2.83 bits per heavy atom. The minimum Gasteiger partial charge on any atom is -0.354 e. The summed E-state index contributed by atoms with van der Waals surface area (Å²) in [7, 11) is 0. The Morgan fingerprint density at radius 1 is 1.35 bits per heavy atom. The second kappa shape index (κ2) is 8.13. The van der Waals surface area contributed by atoms with Crippen LogP contribution in [0.15, 0.2) is 28.7 Å². The van der Waals surface area contributed by atoms with E-state index in [4.69, 9.17) is 0 Å². The minimum absolute atomic E-state index is 0. The van der Waals surface area contributed by atoms with Crippen LogP contribution in [0.4, 0.5) is 5.69 Å². The summed E-state index contributed by atoms with van der Waals surface area (Å²) in [5.41, 5.74) is 0.834. The van der Waals surface area contributed by atoms with E-state index in [1.807, 2.05) is 24.3 Å². The number of rotatable bonds is 4. The number of amides is 2. The SMILES string of the molecule is Cl.O=C(NCC1CCCN1)C1CCN(c2ccccc2Br)C1=O. The second-order valence-electron chi connectivity index (χ2n) is 5.82. The van der Waals surface area contributed by atoms with Gasteiger partial charge >= 0.3 is 0 Å². The Balaban J connectivity index is 0.00000192. The van der Waals surface area contributed by atoms with Crippen LogP contribution in [-0.4, -0.2) is 37.5 Å². The molecule has 1 aromatic rings. The molecule has 2 N–H and O–H groups in total. The fraction of sp³-hybridized carbons (Fsp3) is 0.500. The lowest BCUT2D eigenvalue weighted by Crippen LogP contribution is -2.42. The molecule has 2 heterocycles. The number of benzene rings is 1. The molecule has 23 heavy (non-hydrogen) atoms. The maximum Gasteiger partial charge on any atom is 0.239 e. The highest BCUT2D eigenvalue weighted by Crippen LogP contribution is 2.31. The average Bonchev–Trinajstić information content (AvgIpc) is 3.15. The molecular formula is C16H21BrClN3O2. The van der Waals surface area contributed by atoms with E-state index in [2.05, 4.69) is 26.6 Å². The van der Waals surface area contributed by atoms with Crippen molar-refractivity contribution in [1.29, 1.82) is 0 Å². The molecule has 0 aromatic heterocycles. The predicted octanol–water partition coefficient (Wildman–Crippen LogP) is 2.09. The third kappa shape index (κ3) is 4.05. The van der Waals surface area contributed by atoms with Crippen molar-refractivity contribution < 1.29 is 9.59 Å². The number of carbonyl (C=O) groups excluding carboxylic acids is 2. The van der Waals surface area contributed by atoms with Crippen LogP contribution < -0.4 is 15.5 Å². The molecule has 7 heteroatoms. The van der Waals surface area contributed by atoms with Gasteiger partial charge in [-0.3, -0.25) is 9.59 Å². The van der Waals surface area contributed by atoms with Gasteiger partial charge in [0.2, 0.25) is 11.8 Å². The Bertz CT molecular complexity index is 578. The van der Waals surface area contributed by atoms with Crippen LogP contribution in [0.25, 0.3) is 0 Å². The van der Waals surface area contributed by atoms with Gasteiger partial charge in [-0.25, -0.2) is 0 Å². The highest BCUT2D eigenvalue weighted by molar-refractivity contribution is 9.10. The van der Waals surface area contributed by atoms with E-state index in [1.54, 1.807) is 4.90 Å². The normalized spacial score (nSPS) is 23.7. The van der Waals surface area contributed by atoms with Gasteiger partial charge in [-0.1, -0.05) is 12.1 Å². The number of para-hydroxylation sites is 1. The molecule has 0 radical (unpaired) electrons. The van der Waals surface area contributed by atoms with Crippen LogP contribution in [0.5, 0.6) is 0 Å². The fourth-order valence-electron chi connectivity index (χ4n) is 3.11. The van der Waals surface area contributed by atoms with Crippen LogP contribution in [0.2, 0.25) is 0 Å². The summed E-state index contributed by atoms with van der Waals surface area (Å²) >= 11 is 3.46. The van der Waals surface area contributed by atoms with E-state index in [-0.39, 0.29) is 24.2 Å². The summed E-state index contributed by atoms with van der Waals surface area (Å²) in [5, 5.41) is 6.26. The largest absolute Gasteiger partial charge is 0.354 e. The smallest absolute Gasteiger partial charge is 0.239 e. The van der Waals surface area contributed by atoms with Gasteiger partial charge < -0.3 is 15.5 Å². The van der Waals surface area contributed by atoms with Gasteiger partial charge in [0.25, 0.3) is 0 Å². The van der Waals surface area contributed by atoms with Gasteiger partial charge in [-0.15, -0.1) is 12.4 Å². The fourth-order valence-corrected chi connectivity index (χ4v) is 3.61. The molecule has 2 amide bonds. The molecule has 0 aliphatic carbocycles. The van der Waals surface area contributed by atoms with Gasteiger partial charge in [0.1, 0.15) is 5.92 Å². The highest BCUT2D eigenvalue weighted by atomic mass is 79.9. The molecule has 3 rings (SSSR count). The topological polar surface area (TPSA) is 61.4 Å². The Hall–Kier alpha value is -1.11. The molecule has 1 aromatic carbocycles. The zero-order valence-electron chi connectivity index (χ0n) is 12.8. The molecule has 2 atom stereocenters. The van der Waals surface area contributed by atoms with Crippen molar-refractivity contribution >= 4 is 45.8 Å². The van der Waals surface area contributed by atoms with E-state index in [0.717, 1.165) is 29.5 Å². The van der Waals surface area contributed by atoms with E-state index in [9.17, 15) is 9.59 Å². The number of halogens is 2. The van der Waals surface area contributed by atoms with Crippen molar-refractivity contribution in [2.45, 2.75) is 25.3 Å². The lowest BCUT2D eigenvalue weighted by Gasteiger charge is -2.18. The molecule has 0 saturated carbocycles. The zero-order chi connectivity index (χ0) is 15.5. The lowest BCUT2D eigenvalue weighted by atomic mass is 10.1. The van der Waals surface area contributed by atoms with Crippen LogP contribution in [-0.2, 0) is 9.59 Å². The zero-order valence-corrected chi connectivity index (χ0v) is 15.2. The van der Waals surface area contributed by atoms with E-state index < -0.39 is 5.92 Å². The number of anilines is 1. The molecular weight excluding hydrogens is 382 g/mol. The maximum absolute atomic E-state index is 12.5. The summed E-state index contributed by atoms with van der Waals surface area (Å²) < 4.78 is 0.875. The van der Waals surface area contributed by atoms with Crippen molar-refractivity contribution in [2.75, 3.05) is 24.5 Å². The molecule has 2 unspecified atom stereocenters. The van der Waals surface area contributed by atoms with Gasteiger partial charge in [-0.05, 0) is 53.9 Å². The monoisotopic (exact) mass is 401 g/mol. The third-order valence-corrected chi connectivity index (χ3v) is 5.02. The predicted molar refractivity (Wildman–Crippen MR) is 95.9 cm³/mol. The van der Waals surface area contributed by atoms with Crippen molar-refractivity contribution in [2.24, 2.45) is 5.92 Å². The second-order valence-corrected chi connectivity index (χ2v) is 6.68. The number of nitrogens with one attached hydrogen (secondary N) is 2.